The van der Waals surface area contributed by atoms with Gasteiger partial charge in [-0.2, -0.15) is 0 Å². The van der Waals surface area contributed by atoms with Gasteiger partial charge < -0.3 is 5.32 Å². The van der Waals surface area contributed by atoms with E-state index in [0.29, 0.717) is 12.1 Å². The average molecular weight is 281 g/mol. The number of aryl methyl sites for hydroxylation is 3. The molecule has 2 atom stereocenters. The summed E-state index contributed by atoms with van der Waals surface area (Å²) < 4.78 is 0. The lowest BCUT2D eigenvalue weighted by Gasteiger charge is -2.23. The quantitative estimate of drug-likeness (QED) is 0.822. The topological polar surface area (TPSA) is 12.0 Å². The standard InChI is InChI=1S/C20H27N/c1-14-11-16(3)20(12-15(14)2)18(5)21-17(4)13-19-9-7-6-8-10-19/h6-12,17-18,21H,13H2,1-5H3. The minimum atomic E-state index is 0.378. The van der Waals surface area contributed by atoms with Gasteiger partial charge in [0.1, 0.15) is 0 Å². The van der Waals surface area contributed by atoms with Crippen LogP contribution < -0.4 is 5.32 Å². The zero-order valence-corrected chi connectivity index (χ0v) is 13.9. The van der Waals surface area contributed by atoms with Crippen LogP contribution in [0.2, 0.25) is 0 Å². The Morgan fingerprint density at radius 3 is 2.14 bits per heavy atom. The van der Waals surface area contributed by atoms with Crippen molar-refractivity contribution < 1.29 is 0 Å². The molecule has 2 unspecified atom stereocenters. The van der Waals surface area contributed by atoms with Gasteiger partial charge in [-0.1, -0.05) is 42.5 Å². The van der Waals surface area contributed by atoms with Crippen LogP contribution in [0.15, 0.2) is 42.5 Å². The number of nitrogens with one attached hydrogen (secondary N) is 1. The van der Waals surface area contributed by atoms with Crippen molar-refractivity contribution in [2.75, 3.05) is 0 Å². The first kappa shape index (κ1) is 15.8. The SMILES string of the molecule is Cc1cc(C)c(C(C)NC(C)Cc2ccccc2)cc1C. The molecule has 2 aromatic rings. The molecule has 0 aromatic heterocycles. The number of hydrogen-bond donors (Lipinski definition) is 1. The first-order valence-corrected chi connectivity index (χ1v) is 7.85. The second-order valence-corrected chi connectivity index (χ2v) is 6.27. The lowest BCUT2D eigenvalue weighted by molar-refractivity contribution is 0.475. The van der Waals surface area contributed by atoms with E-state index < -0.39 is 0 Å². The smallest absolute Gasteiger partial charge is 0.0297 e. The van der Waals surface area contributed by atoms with Crippen molar-refractivity contribution in [1.82, 2.24) is 5.32 Å². The van der Waals surface area contributed by atoms with Crippen LogP contribution >= 0.6 is 0 Å². The minimum Gasteiger partial charge on any atom is -0.307 e. The van der Waals surface area contributed by atoms with Gasteiger partial charge in [-0.25, -0.2) is 0 Å². The molecule has 0 aliphatic heterocycles. The summed E-state index contributed by atoms with van der Waals surface area (Å²) >= 11 is 0. The van der Waals surface area contributed by atoms with Gasteiger partial charge in [0.2, 0.25) is 0 Å². The first-order valence-electron chi connectivity index (χ1n) is 7.85. The summed E-state index contributed by atoms with van der Waals surface area (Å²) in [6.07, 6.45) is 1.06. The lowest BCUT2D eigenvalue weighted by atomic mass is 9.95. The maximum Gasteiger partial charge on any atom is 0.0297 e. The number of benzene rings is 2. The van der Waals surface area contributed by atoms with Crippen LogP contribution in [0.5, 0.6) is 0 Å². The van der Waals surface area contributed by atoms with E-state index in [1.807, 2.05) is 0 Å². The molecule has 0 radical (unpaired) electrons. The van der Waals surface area contributed by atoms with Crippen molar-refractivity contribution in [2.24, 2.45) is 0 Å². The molecule has 0 saturated carbocycles. The molecule has 2 aromatic carbocycles. The van der Waals surface area contributed by atoms with E-state index in [2.05, 4.69) is 82.4 Å². The van der Waals surface area contributed by atoms with E-state index in [1.165, 1.54) is 27.8 Å². The minimum absolute atomic E-state index is 0.378. The summed E-state index contributed by atoms with van der Waals surface area (Å²) in [5.41, 5.74) is 6.94. The van der Waals surface area contributed by atoms with Crippen LogP contribution in [0.1, 0.15) is 47.7 Å². The molecule has 0 bridgehead atoms. The van der Waals surface area contributed by atoms with Crippen LogP contribution in [0.25, 0.3) is 0 Å². The highest BCUT2D eigenvalue weighted by Gasteiger charge is 2.13. The van der Waals surface area contributed by atoms with E-state index >= 15 is 0 Å². The van der Waals surface area contributed by atoms with E-state index in [1.54, 1.807) is 0 Å². The van der Waals surface area contributed by atoms with Gasteiger partial charge in [0.05, 0.1) is 0 Å². The highest BCUT2D eigenvalue weighted by molar-refractivity contribution is 5.38. The fourth-order valence-electron chi connectivity index (χ4n) is 2.99. The molecule has 0 spiro atoms. The third-order valence-electron chi connectivity index (χ3n) is 4.27. The Bertz CT molecular complexity index is 586. The van der Waals surface area contributed by atoms with E-state index in [-0.39, 0.29) is 0 Å². The first-order chi connectivity index (χ1) is 9.97. The van der Waals surface area contributed by atoms with Gasteiger partial charge in [-0.3, -0.25) is 0 Å². The molecule has 0 aliphatic rings. The van der Waals surface area contributed by atoms with Crippen LogP contribution in [0.4, 0.5) is 0 Å². The van der Waals surface area contributed by atoms with Gasteiger partial charge in [0.25, 0.3) is 0 Å². The van der Waals surface area contributed by atoms with Gasteiger partial charge in [0.15, 0.2) is 0 Å². The Morgan fingerprint density at radius 2 is 1.48 bits per heavy atom. The summed E-state index contributed by atoms with van der Waals surface area (Å²) in [6.45, 7) is 11.1. The molecular formula is C20H27N. The number of hydrogen-bond acceptors (Lipinski definition) is 1. The van der Waals surface area contributed by atoms with Gasteiger partial charge in [-0.05, 0) is 68.9 Å². The third kappa shape index (κ3) is 4.18. The van der Waals surface area contributed by atoms with Crippen molar-refractivity contribution >= 4 is 0 Å². The average Bonchev–Trinajstić information content (AvgIpc) is 2.43. The zero-order chi connectivity index (χ0) is 15.4. The summed E-state index contributed by atoms with van der Waals surface area (Å²) in [7, 11) is 0. The van der Waals surface area contributed by atoms with Crippen LogP contribution in [0.3, 0.4) is 0 Å². The molecule has 112 valence electrons. The van der Waals surface area contributed by atoms with Crippen molar-refractivity contribution in [1.29, 1.82) is 0 Å². The third-order valence-corrected chi connectivity index (χ3v) is 4.27. The molecular weight excluding hydrogens is 254 g/mol. The predicted molar refractivity (Wildman–Crippen MR) is 91.8 cm³/mol. The Labute approximate surface area is 129 Å². The Hall–Kier alpha value is -1.60. The molecule has 0 heterocycles. The van der Waals surface area contributed by atoms with Crippen molar-refractivity contribution in [2.45, 2.75) is 53.1 Å². The van der Waals surface area contributed by atoms with E-state index in [0.717, 1.165) is 6.42 Å². The second-order valence-electron chi connectivity index (χ2n) is 6.27. The molecule has 2 rings (SSSR count). The predicted octanol–water partition coefficient (Wildman–Crippen LogP) is 4.89. The highest BCUT2D eigenvalue weighted by atomic mass is 14.9. The summed E-state index contributed by atoms with van der Waals surface area (Å²) in [4.78, 5) is 0. The molecule has 1 nitrogen and oxygen atoms in total. The normalized spacial score (nSPS) is 14.0. The van der Waals surface area contributed by atoms with Crippen LogP contribution in [-0.4, -0.2) is 6.04 Å². The molecule has 0 aliphatic carbocycles. The van der Waals surface area contributed by atoms with Crippen molar-refractivity contribution in [3.05, 3.63) is 70.3 Å². The zero-order valence-electron chi connectivity index (χ0n) is 13.9. The summed E-state index contributed by atoms with van der Waals surface area (Å²) in [5, 5.41) is 3.73. The monoisotopic (exact) mass is 281 g/mol. The molecule has 0 amide bonds. The van der Waals surface area contributed by atoms with Gasteiger partial charge in [0, 0.05) is 12.1 Å². The maximum atomic E-state index is 3.73. The van der Waals surface area contributed by atoms with Crippen LogP contribution in [-0.2, 0) is 6.42 Å². The van der Waals surface area contributed by atoms with Gasteiger partial charge in [-0.15, -0.1) is 0 Å². The largest absolute Gasteiger partial charge is 0.307 e. The summed E-state index contributed by atoms with van der Waals surface area (Å²) in [5.74, 6) is 0. The van der Waals surface area contributed by atoms with Crippen molar-refractivity contribution in [3.63, 3.8) is 0 Å². The Balaban J connectivity index is 2.04. The van der Waals surface area contributed by atoms with E-state index in [4.69, 9.17) is 0 Å². The fourth-order valence-corrected chi connectivity index (χ4v) is 2.99. The molecule has 21 heavy (non-hydrogen) atoms. The highest BCUT2D eigenvalue weighted by Crippen LogP contribution is 2.22. The van der Waals surface area contributed by atoms with Crippen LogP contribution in [0, 0.1) is 20.8 Å². The summed E-state index contributed by atoms with van der Waals surface area (Å²) in [6, 6.07) is 16.2. The fraction of sp³-hybridized carbons (Fsp3) is 0.400. The molecule has 1 heteroatoms. The molecule has 0 fully saturated rings. The number of rotatable bonds is 5. The van der Waals surface area contributed by atoms with Gasteiger partial charge >= 0.3 is 0 Å². The lowest BCUT2D eigenvalue weighted by Crippen LogP contribution is -2.31. The Kier molecular flexibility index (Phi) is 5.19. The van der Waals surface area contributed by atoms with E-state index in [9.17, 15) is 0 Å². The molecule has 1 N–H and O–H groups in total. The van der Waals surface area contributed by atoms with Crippen molar-refractivity contribution in [3.8, 4) is 0 Å². The molecule has 0 saturated heterocycles. The maximum absolute atomic E-state index is 3.73. The Morgan fingerprint density at radius 1 is 0.857 bits per heavy atom. The second kappa shape index (κ2) is 6.91.